The van der Waals surface area contributed by atoms with E-state index < -0.39 is 12.0 Å². The van der Waals surface area contributed by atoms with Gasteiger partial charge in [-0.1, -0.05) is 67.0 Å². The van der Waals surface area contributed by atoms with Crippen molar-refractivity contribution in [1.82, 2.24) is 14.8 Å². The van der Waals surface area contributed by atoms with Crippen LogP contribution < -0.4 is 14.8 Å². The quantitative estimate of drug-likeness (QED) is 0.0880. The zero-order chi connectivity index (χ0) is 33.0. The highest BCUT2D eigenvalue weighted by Gasteiger charge is 2.36. The van der Waals surface area contributed by atoms with Gasteiger partial charge in [-0.2, -0.15) is 4.98 Å². The third kappa shape index (κ3) is 7.40. The number of aryl methyl sites for hydroxylation is 3. The fourth-order valence-corrected chi connectivity index (χ4v) is 6.96. The Hall–Kier alpha value is -3.47. The van der Waals surface area contributed by atoms with E-state index in [1.807, 2.05) is 43.3 Å². The van der Waals surface area contributed by atoms with E-state index in [1.54, 1.807) is 11.8 Å². The van der Waals surface area contributed by atoms with Gasteiger partial charge < -0.3 is 19.5 Å². The molecule has 46 heavy (non-hydrogen) atoms. The molecule has 1 aromatic heterocycles. The van der Waals surface area contributed by atoms with Crippen molar-refractivity contribution in [2.24, 2.45) is 0 Å². The fraction of sp³-hybridized carbons (Fsp3) is 0.343. The number of nitrogens with zero attached hydrogens (tertiary/aromatic N) is 3. The molecule has 0 amide bonds. The van der Waals surface area contributed by atoms with Gasteiger partial charge in [0.1, 0.15) is 12.6 Å². The molecule has 1 aliphatic heterocycles. The van der Waals surface area contributed by atoms with E-state index in [-0.39, 0.29) is 0 Å². The predicted molar refractivity (Wildman–Crippen MR) is 187 cm³/mol. The Labute approximate surface area is 288 Å². The molecule has 0 radical (unpaired) electrons. The average Bonchev–Trinajstić information content (AvgIpc) is 3.43. The summed E-state index contributed by atoms with van der Waals surface area (Å²) in [6, 6.07) is 15.2. The first-order chi connectivity index (χ1) is 22.1. The molecule has 0 saturated heterocycles. The van der Waals surface area contributed by atoms with Gasteiger partial charge in [0.15, 0.2) is 11.5 Å². The summed E-state index contributed by atoms with van der Waals surface area (Å²) in [5, 5.41) is 9.38. The number of esters is 1. The van der Waals surface area contributed by atoms with E-state index in [1.165, 1.54) is 28.5 Å². The van der Waals surface area contributed by atoms with Gasteiger partial charge >= 0.3 is 5.97 Å². The van der Waals surface area contributed by atoms with Crippen molar-refractivity contribution in [3.8, 4) is 11.5 Å². The minimum atomic E-state index is -0.631. The second-order valence-corrected chi connectivity index (χ2v) is 13.5. The van der Waals surface area contributed by atoms with Crippen molar-refractivity contribution < 1.29 is 19.0 Å². The van der Waals surface area contributed by atoms with Gasteiger partial charge in [0, 0.05) is 16.5 Å². The van der Waals surface area contributed by atoms with Gasteiger partial charge in [0.25, 0.3) is 0 Å². The molecule has 4 aromatic rings. The van der Waals surface area contributed by atoms with Crippen LogP contribution in [0.1, 0.15) is 66.1 Å². The normalized spacial score (nSPS) is 14.1. The van der Waals surface area contributed by atoms with Gasteiger partial charge in [-0.15, -0.1) is 5.10 Å². The lowest BCUT2D eigenvalue weighted by Gasteiger charge is -2.29. The molecule has 1 unspecified atom stereocenters. The number of hydrogen-bond acceptors (Lipinski definition) is 8. The molecule has 0 aliphatic carbocycles. The number of hydrogen-bond donors (Lipinski definition) is 1. The number of thioether (sulfide) groups is 1. The number of rotatable bonds is 12. The zero-order valence-corrected chi connectivity index (χ0v) is 30.0. The molecule has 8 nitrogen and oxygen atoms in total. The summed E-state index contributed by atoms with van der Waals surface area (Å²) in [6.07, 6.45) is 1.69. The fourth-order valence-electron chi connectivity index (χ4n) is 5.27. The molecule has 1 N–H and O–H groups in total. The predicted octanol–water partition coefficient (Wildman–Crippen LogP) is 9.13. The molecular weight excluding hydrogens is 688 g/mol. The molecule has 0 bridgehead atoms. The number of anilines is 1. The summed E-state index contributed by atoms with van der Waals surface area (Å²) < 4.78 is 20.3. The van der Waals surface area contributed by atoms with Crippen molar-refractivity contribution in [1.29, 1.82) is 0 Å². The molecule has 0 spiro atoms. The first-order valence-corrected chi connectivity index (χ1v) is 17.3. The zero-order valence-electron chi connectivity index (χ0n) is 26.9. The van der Waals surface area contributed by atoms with Gasteiger partial charge in [0.2, 0.25) is 11.1 Å². The smallest absolute Gasteiger partial charge is 0.338 e. The second-order valence-electron chi connectivity index (χ2n) is 11.3. The number of fused-ring (bicyclic) bond motifs is 1. The van der Waals surface area contributed by atoms with Crippen LogP contribution in [0, 0.1) is 20.8 Å². The summed E-state index contributed by atoms with van der Waals surface area (Å²) in [6.45, 7) is 10.9. The maximum absolute atomic E-state index is 13.6. The molecule has 11 heteroatoms. The number of allylic oxidation sites excluding steroid dienone is 1. The van der Waals surface area contributed by atoms with Crippen LogP contribution in [0.2, 0.25) is 5.02 Å². The van der Waals surface area contributed by atoms with Crippen LogP contribution in [0.3, 0.4) is 0 Å². The van der Waals surface area contributed by atoms with Crippen molar-refractivity contribution in [3.63, 3.8) is 0 Å². The van der Waals surface area contributed by atoms with E-state index in [9.17, 15) is 4.79 Å². The Balaban J connectivity index is 1.51. The van der Waals surface area contributed by atoms with E-state index in [0.29, 0.717) is 62.3 Å². The van der Waals surface area contributed by atoms with E-state index in [4.69, 9.17) is 35.9 Å². The van der Waals surface area contributed by atoms with Crippen LogP contribution in [0.15, 0.2) is 69.4 Å². The maximum Gasteiger partial charge on any atom is 0.338 e. The number of nitrogens with one attached hydrogen (secondary N) is 1. The standard InChI is InChI=1S/C35H38BrClN4O4S/c1-7-8-13-44-33(42)30-23(5)38-34-39-35(46-19-24-11-9-10-12-28(24)37)40-41(34)31(30)25-16-27(36)32(29(17-25)43-6)45-18-26-15-21(3)20(2)14-22(26)4/h9-12,14-17,31H,7-8,13,18-19H2,1-6H3,(H,38,39,40). The molecule has 5 rings (SSSR count). The largest absolute Gasteiger partial charge is 0.493 e. The molecule has 0 saturated carbocycles. The monoisotopic (exact) mass is 724 g/mol. The number of halogens is 2. The Bertz CT molecular complexity index is 1790. The van der Waals surface area contributed by atoms with Gasteiger partial charge in [0.05, 0.1) is 23.8 Å². The second kappa shape index (κ2) is 15.0. The number of aromatic nitrogens is 3. The lowest BCUT2D eigenvalue weighted by Crippen LogP contribution is -2.30. The van der Waals surface area contributed by atoms with Crippen molar-refractivity contribution >= 4 is 51.2 Å². The Kier molecular flexibility index (Phi) is 11.0. The third-order valence-electron chi connectivity index (χ3n) is 7.99. The minimum Gasteiger partial charge on any atom is -0.493 e. The number of ether oxygens (including phenoxy) is 3. The van der Waals surface area contributed by atoms with Crippen LogP contribution in [-0.4, -0.2) is 34.5 Å². The van der Waals surface area contributed by atoms with Crippen molar-refractivity contribution in [3.05, 3.63) is 103 Å². The van der Waals surface area contributed by atoms with Crippen molar-refractivity contribution in [2.45, 2.75) is 71.0 Å². The highest BCUT2D eigenvalue weighted by Crippen LogP contribution is 2.44. The lowest BCUT2D eigenvalue weighted by molar-refractivity contribution is -0.139. The van der Waals surface area contributed by atoms with Crippen molar-refractivity contribution in [2.75, 3.05) is 19.0 Å². The van der Waals surface area contributed by atoms with E-state index in [2.05, 4.69) is 61.1 Å². The molecular formula is C35H38BrClN4O4S. The summed E-state index contributed by atoms with van der Waals surface area (Å²) >= 11 is 11.6. The number of benzene rings is 3. The maximum atomic E-state index is 13.6. The van der Waals surface area contributed by atoms with E-state index in [0.717, 1.165) is 29.5 Å². The van der Waals surface area contributed by atoms with Gasteiger partial charge in [-0.3, -0.25) is 0 Å². The van der Waals surface area contributed by atoms with Crippen LogP contribution in [0.5, 0.6) is 11.5 Å². The first kappa shape index (κ1) is 33.9. The van der Waals surface area contributed by atoms with Crippen LogP contribution in [0.4, 0.5) is 5.95 Å². The van der Waals surface area contributed by atoms with Gasteiger partial charge in [-0.25, -0.2) is 9.48 Å². The molecule has 242 valence electrons. The first-order valence-electron chi connectivity index (χ1n) is 15.2. The Morgan fingerprint density at radius 2 is 1.83 bits per heavy atom. The van der Waals surface area contributed by atoms with Crippen LogP contribution in [-0.2, 0) is 21.9 Å². The summed E-state index contributed by atoms with van der Waals surface area (Å²) in [7, 11) is 1.60. The number of carbonyl (C=O) groups is 1. The SMILES string of the molecule is CCCCOC(=O)C1=C(C)Nc2nc(SCc3ccccc3Cl)nn2C1c1cc(Br)c(OCc2cc(C)c(C)cc2C)c(OC)c1. The third-order valence-corrected chi connectivity index (χ3v) is 9.83. The molecule has 2 heterocycles. The highest BCUT2D eigenvalue weighted by molar-refractivity contribution is 9.10. The Morgan fingerprint density at radius 1 is 1.07 bits per heavy atom. The van der Waals surface area contributed by atoms with Gasteiger partial charge in [-0.05, 0) is 102 Å². The van der Waals surface area contributed by atoms with Crippen LogP contribution in [0.25, 0.3) is 0 Å². The molecule has 1 aliphatic rings. The summed E-state index contributed by atoms with van der Waals surface area (Å²) in [4.78, 5) is 18.4. The molecule has 3 aromatic carbocycles. The average molecular weight is 726 g/mol. The van der Waals surface area contributed by atoms with Crippen LogP contribution >= 0.6 is 39.3 Å². The summed E-state index contributed by atoms with van der Waals surface area (Å²) in [5.74, 6) is 1.80. The molecule has 0 fully saturated rings. The summed E-state index contributed by atoms with van der Waals surface area (Å²) in [5.41, 5.74) is 7.57. The lowest BCUT2D eigenvalue weighted by atomic mass is 9.95. The minimum absolute atomic E-state index is 0.333. The molecule has 1 atom stereocenters. The topological polar surface area (TPSA) is 87.5 Å². The Morgan fingerprint density at radius 3 is 2.57 bits per heavy atom. The van der Waals surface area contributed by atoms with E-state index >= 15 is 0 Å². The number of methoxy groups -OCH3 is 1. The number of unbranched alkanes of at least 4 members (excludes halogenated alkanes) is 1. The highest BCUT2D eigenvalue weighted by atomic mass is 79.9. The number of carbonyl (C=O) groups excluding carboxylic acids is 1.